The van der Waals surface area contributed by atoms with Crippen molar-refractivity contribution in [2.75, 3.05) is 10.6 Å². The molecule has 1 saturated carbocycles. The molecule has 7 heteroatoms. The summed E-state index contributed by atoms with van der Waals surface area (Å²) in [4.78, 5) is 19.5. The molecule has 20 heavy (non-hydrogen) atoms. The second-order valence-electron chi connectivity index (χ2n) is 4.94. The molecule has 0 amide bonds. The lowest BCUT2D eigenvalue weighted by atomic mass is 10.3. The average Bonchev–Trinajstić information content (AvgIpc) is 2.96. The molecule has 0 bridgehead atoms. The number of thiophene rings is 1. The maximum absolute atomic E-state index is 5.82. The molecule has 0 aliphatic heterocycles. The van der Waals surface area contributed by atoms with Gasteiger partial charge in [-0.2, -0.15) is 9.97 Å². The smallest absolute Gasteiger partial charge is 0.224 e. The van der Waals surface area contributed by atoms with E-state index < -0.39 is 0 Å². The Labute approximate surface area is 119 Å². The van der Waals surface area contributed by atoms with E-state index >= 15 is 0 Å². The van der Waals surface area contributed by atoms with Gasteiger partial charge in [0.1, 0.15) is 5.52 Å². The average molecular weight is 286 g/mol. The second-order valence-corrected chi connectivity index (χ2v) is 5.98. The summed E-state index contributed by atoms with van der Waals surface area (Å²) in [5.74, 6) is 1.14. The van der Waals surface area contributed by atoms with Gasteiger partial charge in [-0.3, -0.25) is 0 Å². The number of hydrogen-bond acceptors (Lipinski definition) is 6. The molecule has 0 unspecified atom stereocenters. The van der Waals surface area contributed by atoms with E-state index in [1.54, 1.807) is 17.7 Å². The number of nitrogen functional groups attached to an aromatic ring is 1. The van der Waals surface area contributed by atoms with Crippen LogP contribution in [0.5, 0.6) is 0 Å². The zero-order valence-corrected chi connectivity index (χ0v) is 11.6. The topological polar surface area (TPSA) is 83.7 Å². The number of nitrogens with two attached hydrogens (primary N) is 1. The molecule has 0 spiro atoms. The predicted molar refractivity (Wildman–Crippen MR) is 79.6 cm³/mol. The molecule has 0 radical (unpaired) electrons. The third kappa shape index (κ3) is 2.00. The van der Waals surface area contributed by atoms with Crippen molar-refractivity contribution in [3.05, 3.63) is 28.7 Å². The van der Waals surface area contributed by atoms with Crippen LogP contribution in [0.1, 0.15) is 17.7 Å². The summed E-state index contributed by atoms with van der Waals surface area (Å²) < 4.78 is 0. The summed E-state index contributed by atoms with van der Waals surface area (Å²) in [6, 6.07) is 4.76. The Morgan fingerprint density at radius 1 is 1.40 bits per heavy atom. The van der Waals surface area contributed by atoms with E-state index in [2.05, 4.69) is 42.3 Å². The Morgan fingerprint density at radius 3 is 3.05 bits per heavy atom. The summed E-state index contributed by atoms with van der Waals surface area (Å²) >= 11 is 1.76. The molecule has 0 atom stereocenters. The van der Waals surface area contributed by atoms with Gasteiger partial charge in [0.15, 0.2) is 11.5 Å². The van der Waals surface area contributed by atoms with Crippen molar-refractivity contribution in [1.29, 1.82) is 0 Å². The third-order valence-electron chi connectivity index (χ3n) is 3.45. The first kappa shape index (κ1) is 11.7. The van der Waals surface area contributed by atoms with Gasteiger partial charge in [0, 0.05) is 10.9 Å². The monoisotopic (exact) mass is 286 g/mol. The number of nitrogens with zero attached hydrogens (tertiary/aromatic N) is 4. The number of rotatable bonds is 4. The molecule has 3 heterocycles. The number of aromatic nitrogens is 4. The molecule has 3 aromatic heterocycles. The maximum Gasteiger partial charge on any atom is 0.224 e. The lowest BCUT2D eigenvalue weighted by Gasteiger charge is -2.23. The molecule has 1 aliphatic rings. The van der Waals surface area contributed by atoms with Gasteiger partial charge in [0.25, 0.3) is 0 Å². The Hall–Kier alpha value is -2.15. The SMILES string of the molecule is Nc1nc(N(Cc2cccs2)C2CC2)c2[nH]cnc2n1. The van der Waals surface area contributed by atoms with Crippen molar-refractivity contribution in [2.45, 2.75) is 25.4 Å². The van der Waals surface area contributed by atoms with Crippen molar-refractivity contribution in [1.82, 2.24) is 19.9 Å². The van der Waals surface area contributed by atoms with Crippen LogP contribution in [0.4, 0.5) is 11.8 Å². The lowest BCUT2D eigenvalue weighted by Crippen LogP contribution is -2.26. The van der Waals surface area contributed by atoms with Crippen LogP contribution in [-0.2, 0) is 6.54 Å². The summed E-state index contributed by atoms with van der Waals surface area (Å²) in [6.07, 6.45) is 4.04. The van der Waals surface area contributed by atoms with Crippen molar-refractivity contribution in [3.8, 4) is 0 Å². The van der Waals surface area contributed by atoms with Gasteiger partial charge >= 0.3 is 0 Å². The van der Waals surface area contributed by atoms with Crippen LogP contribution >= 0.6 is 11.3 Å². The molecule has 4 rings (SSSR count). The zero-order valence-electron chi connectivity index (χ0n) is 10.8. The number of H-pyrrole nitrogens is 1. The summed E-state index contributed by atoms with van der Waals surface area (Å²) in [5, 5.41) is 2.10. The fraction of sp³-hybridized carbons (Fsp3) is 0.308. The molecule has 1 aliphatic carbocycles. The number of nitrogens with one attached hydrogen (secondary N) is 1. The van der Waals surface area contributed by atoms with Crippen molar-refractivity contribution < 1.29 is 0 Å². The largest absolute Gasteiger partial charge is 0.368 e. The van der Waals surface area contributed by atoms with Crippen LogP contribution < -0.4 is 10.6 Å². The number of imidazole rings is 1. The van der Waals surface area contributed by atoms with Crippen molar-refractivity contribution in [3.63, 3.8) is 0 Å². The highest BCUT2D eigenvalue weighted by molar-refractivity contribution is 7.09. The molecule has 3 N–H and O–H groups in total. The second kappa shape index (κ2) is 4.45. The van der Waals surface area contributed by atoms with Crippen LogP contribution in [-0.4, -0.2) is 26.0 Å². The van der Waals surface area contributed by atoms with Crippen molar-refractivity contribution >= 4 is 34.3 Å². The minimum absolute atomic E-state index is 0.274. The maximum atomic E-state index is 5.82. The van der Waals surface area contributed by atoms with Gasteiger partial charge in [-0.15, -0.1) is 11.3 Å². The predicted octanol–water partition coefficient (Wildman–Crippen LogP) is 2.17. The van der Waals surface area contributed by atoms with Crippen LogP contribution in [0, 0.1) is 0 Å². The van der Waals surface area contributed by atoms with Gasteiger partial charge in [-0.25, -0.2) is 4.98 Å². The van der Waals surface area contributed by atoms with E-state index in [0.717, 1.165) is 17.9 Å². The Kier molecular flexibility index (Phi) is 2.59. The lowest BCUT2D eigenvalue weighted by molar-refractivity contribution is 0.789. The summed E-state index contributed by atoms with van der Waals surface area (Å²) in [6.45, 7) is 0.854. The van der Waals surface area contributed by atoms with Crippen molar-refractivity contribution in [2.24, 2.45) is 0 Å². The highest BCUT2D eigenvalue weighted by Crippen LogP contribution is 2.35. The standard InChI is InChI=1S/C13H14N6S/c14-13-17-11-10(15-7-16-11)12(18-13)19(8-3-4-8)6-9-2-1-5-20-9/h1-2,5,7-8H,3-4,6H2,(H3,14,15,16,17,18). The number of hydrogen-bond donors (Lipinski definition) is 2. The first-order chi connectivity index (χ1) is 9.81. The van der Waals surface area contributed by atoms with E-state index in [1.807, 2.05) is 0 Å². The van der Waals surface area contributed by atoms with E-state index in [9.17, 15) is 0 Å². The first-order valence-corrected chi connectivity index (χ1v) is 7.45. The number of anilines is 2. The van der Waals surface area contributed by atoms with Crippen LogP contribution in [0.15, 0.2) is 23.8 Å². The van der Waals surface area contributed by atoms with E-state index in [4.69, 9.17) is 5.73 Å². The fourth-order valence-corrected chi connectivity index (χ4v) is 3.08. The van der Waals surface area contributed by atoms with Crippen LogP contribution in [0.25, 0.3) is 11.2 Å². The minimum Gasteiger partial charge on any atom is -0.368 e. The van der Waals surface area contributed by atoms with Gasteiger partial charge in [-0.05, 0) is 24.3 Å². The molecule has 3 aromatic rings. The zero-order chi connectivity index (χ0) is 13.5. The quantitative estimate of drug-likeness (QED) is 0.768. The Morgan fingerprint density at radius 2 is 2.30 bits per heavy atom. The molecular weight excluding hydrogens is 272 g/mol. The van der Waals surface area contributed by atoms with Gasteiger partial charge < -0.3 is 15.6 Å². The normalized spacial score (nSPS) is 14.8. The number of fused-ring (bicyclic) bond motifs is 1. The number of aromatic amines is 1. The molecule has 102 valence electrons. The van der Waals surface area contributed by atoms with Gasteiger partial charge in [-0.1, -0.05) is 6.07 Å². The molecular formula is C13H14N6S. The fourth-order valence-electron chi connectivity index (χ4n) is 2.38. The van der Waals surface area contributed by atoms with Gasteiger partial charge in [0.05, 0.1) is 12.9 Å². The van der Waals surface area contributed by atoms with Gasteiger partial charge in [0.2, 0.25) is 5.95 Å². The van der Waals surface area contributed by atoms with Crippen LogP contribution in [0.3, 0.4) is 0 Å². The van der Waals surface area contributed by atoms with E-state index in [-0.39, 0.29) is 5.95 Å². The Bertz CT molecular complexity index is 730. The Balaban J connectivity index is 1.79. The molecule has 6 nitrogen and oxygen atoms in total. The highest BCUT2D eigenvalue weighted by Gasteiger charge is 2.32. The molecule has 1 fully saturated rings. The van der Waals surface area contributed by atoms with E-state index in [1.165, 1.54) is 17.7 Å². The highest BCUT2D eigenvalue weighted by atomic mass is 32.1. The van der Waals surface area contributed by atoms with E-state index in [0.29, 0.717) is 11.7 Å². The summed E-state index contributed by atoms with van der Waals surface area (Å²) in [7, 11) is 0. The van der Waals surface area contributed by atoms with Crippen LogP contribution in [0.2, 0.25) is 0 Å². The molecule has 0 saturated heterocycles. The summed E-state index contributed by atoms with van der Waals surface area (Å²) in [5.41, 5.74) is 7.31. The molecule has 0 aromatic carbocycles. The third-order valence-corrected chi connectivity index (χ3v) is 4.31. The first-order valence-electron chi connectivity index (χ1n) is 6.57. The minimum atomic E-state index is 0.274.